The van der Waals surface area contributed by atoms with Crippen LogP contribution in [0.3, 0.4) is 0 Å². The van der Waals surface area contributed by atoms with E-state index in [1.165, 1.54) is 25.3 Å². The zero-order valence-electron chi connectivity index (χ0n) is 8.85. The Labute approximate surface area is 92.6 Å². The normalized spacial score (nSPS) is 12.2. The van der Waals surface area contributed by atoms with Gasteiger partial charge in [-0.3, -0.25) is 4.79 Å². The third kappa shape index (κ3) is 3.29. The van der Waals surface area contributed by atoms with Crippen LogP contribution in [-0.2, 0) is 4.74 Å². The molecule has 1 atom stereocenters. The molecule has 1 unspecified atom stereocenters. The van der Waals surface area contributed by atoms with Gasteiger partial charge in [-0.1, -0.05) is 6.07 Å². The monoisotopic (exact) mass is 228 g/mol. The second-order valence-electron chi connectivity index (χ2n) is 3.20. The molecule has 0 aromatic heterocycles. The number of halogens is 1. The molecular weight excluding hydrogens is 215 g/mol. The minimum absolute atomic E-state index is 0.0882. The van der Waals surface area contributed by atoms with Crippen molar-refractivity contribution in [2.45, 2.75) is 6.10 Å². The first-order valence-corrected chi connectivity index (χ1v) is 4.72. The van der Waals surface area contributed by atoms with E-state index in [0.29, 0.717) is 6.29 Å². The second-order valence-corrected chi connectivity index (χ2v) is 3.20. The zero-order valence-corrected chi connectivity index (χ0v) is 8.85. The molecular formula is C11H13FO4. The number of aliphatic hydroxyl groups is 1. The Morgan fingerprint density at radius 1 is 1.50 bits per heavy atom. The predicted molar refractivity (Wildman–Crippen MR) is 55.2 cm³/mol. The predicted octanol–water partition coefficient (Wildman–Crippen LogP) is 1.02. The number of aldehydes is 1. The third-order valence-corrected chi connectivity index (χ3v) is 1.90. The summed E-state index contributed by atoms with van der Waals surface area (Å²) in [6, 6.07) is 4.04. The van der Waals surface area contributed by atoms with Crippen molar-refractivity contribution >= 4 is 6.29 Å². The Bertz CT molecular complexity index is 354. The van der Waals surface area contributed by atoms with Gasteiger partial charge in [0, 0.05) is 7.11 Å². The molecule has 0 heterocycles. The average Bonchev–Trinajstić information content (AvgIpc) is 2.27. The molecule has 4 nitrogen and oxygen atoms in total. The van der Waals surface area contributed by atoms with E-state index in [1.54, 1.807) is 0 Å². The van der Waals surface area contributed by atoms with Gasteiger partial charge in [0.15, 0.2) is 17.9 Å². The van der Waals surface area contributed by atoms with Gasteiger partial charge in [-0.15, -0.1) is 0 Å². The van der Waals surface area contributed by atoms with E-state index >= 15 is 0 Å². The Hall–Kier alpha value is -1.46. The van der Waals surface area contributed by atoms with Crippen molar-refractivity contribution in [3.8, 4) is 5.75 Å². The van der Waals surface area contributed by atoms with Crippen LogP contribution in [0.1, 0.15) is 10.4 Å². The molecule has 1 aromatic rings. The number of benzene rings is 1. The summed E-state index contributed by atoms with van der Waals surface area (Å²) in [5, 5.41) is 9.30. The van der Waals surface area contributed by atoms with Gasteiger partial charge >= 0.3 is 0 Å². The summed E-state index contributed by atoms with van der Waals surface area (Å²) in [5.74, 6) is -0.776. The third-order valence-electron chi connectivity index (χ3n) is 1.90. The Balaban J connectivity index is 2.69. The van der Waals surface area contributed by atoms with Crippen LogP contribution >= 0.6 is 0 Å². The SMILES string of the molecule is COCC(O)COc1c(F)cccc1C=O. The standard InChI is InChI=1S/C11H13FO4/c1-15-6-9(14)7-16-11-8(5-13)3-2-4-10(11)12/h2-5,9,14H,6-7H2,1H3. The molecule has 88 valence electrons. The lowest BCUT2D eigenvalue weighted by Gasteiger charge is -2.13. The van der Waals surface area contributed by atoms with Gasteiger partial charge in [-0.25, -0.2) is 4.39 Å². The molecule has 0 saturated carbocycles. The summed E-state index contributed by atoms with van der Waals surface area (Å²) in [6.07, 6.45) is -0.356. The average molecular weight is 228 g/mol. The summed E-state index contributed by atoms with van der Waals surface area (Å²) in [7, 11) is 1.43. The van der Waals surface area contributed by atoms with Crippen LogP contribution in [-0.4, -0.2) is 37.8 Å². The molecule has 0 spiro atoms. The maximum Gasteiger partial charge on any atom is 0.165 e. The van der Waals surface area contributed by atoms with E-state index in [9.17, 15) is 14.3 Å². The number of rotatable bonds is 6. The van der Waals surface area contributed by atoms with Crippen LogP contribution in [0.5, 0.6) is 5.75 Å². The van der Waals surface area contributed by atoms with E-state index in [-0.39, 0.29) is 24.5 Å². The number of carbonyl (C=O) groups excluding carboxylic acids is 1. The molecule has 0 fully saturated rings. The fourth-order valence-electron chi connectivity index (χ4n) is 1.19. The van der Waals surface area contributed by atoms with Crippen LogP contribution in [0.15, 0.2) is 18.2 Å². The van der Waals surface area contributed by atoms with Crippen molar-refractivity contribution in [1.82, 2.24) is 0 Å². The Morgan fingerprint density at radius 2 is 2.25 bits per heavy atom. The molecule has 0 radical (unpaired) electrons. The molecule has 5 heteroatoms. The van der Waals surface area contributed by atoms with Gasteiger partial charge < -0.3 is 14.6 Å². The minimum atomic E-state index is -0.857. The Kier molecular flexibility index (Phi) is 4.88. The number of methoxy groups -OCH3 is 1. The molecule has 1 N–H and O–H groups in total. The van der Waals surface area contributed by atoms with Gasteiger partial charge in [0.25, 0.3) is 0 Å². The molecule has 1 rings (SSSR count). The van der Waals surface area contributed by atoms with Gasteiger partial charge in [0.1, 0.15) is 12.7 Å². The molecule has 0 bridgehead atoms. The largest absolute Gasteiger partial charge is 0.487 e. The molecule has 0 saturated heterocycles. The van der Waals surface area contributed by atoms with Crippen molar-refractivity contribution in [3.63, 3.8) is 0 Å². The van der Waals surface area contributed by atoms with Crippen LogP contribution in [0, 0.1) is 5.82 Å². The summed E-state index contributed by atoms with van der Waals surface area (Å²) >= 11 is 0. The summed E-state index contributed by atoms with van der Waals surface area (Å²) in [4.78, 5) is 10.6. The fraction of sp³-hybridized carbons (Fsp3) is 0.364. The lowest BCUT2D eigenvalue weighted by atomic mass is 10.2. The van der Waals surface area contributed by atoms with E-state index in [0.717, 1.165) is 0 Å². The lowest BCUT2D eigenvalue weighted by Crippen LogP contribution is -2.23. The van der Waals surface area contributed by atoms with Gasteiger partial charge in [-0.05, 0) is 12.1 Å². The van der Waals surface area contributed by atoms with Crippen LogP contribution in [0.4, 0.5) is 4.39 Å². The second kappa shape index (κ2) is 6.19. The van der Waals surface area contributed by atoms with Gasteiger partial charge in [0.05, 0.1) is 12.2 Å². The molecule has 0 amide bonds. The summed E-state index contributed by atoms with van der Waals surface area (Å²) in [5.41, 5.74) is 0.115. The number of hydrogen-bond donors (Lipinski definition) is 1. The molecule has 0 aliphatic carbocycles. The van der Waals surface area contributed by atoms with E-state index in [2.05, 4.69) is 4.74 Å². The lowest BCUT2D eigenvalue weighted by molar-refractivity contribution is 0.0314. The van der Waals surface area contributed by atoms with Crippen molar-refractivity contribution in [1.29, 1.82) is 0 Å². The Morgan fingerprint density at radius 3 is 2.88 bits per heavy atom. The number of ether oxygens (including phenoxy) is 2. The summed E-state index contributed by atoms with van der Waals surface area (Å²) < 4.78 is 23.0. The number of carbonyl (C=O) groups is 1. The highest BCUT2D eigenvalue weighted by atomic mass is 19.1. The van der Waals surface area contributed by atoms with E-state index in [4.69, 9.17) is 4.74 Å². The number of para-hydroxylation sites is 1. The first kappa shape index (κ1) is 12.6. The maximum atomic E-state index is 13.3. The molecule has 16 heavy (non-hydrogen) atoms. The smallest absolute Gasteiger partial charge is 0.165 e. The van der Waals surface area contributed by atoms with E-state index in [1.807, 2.05) is 0 Å². The van der Waals surface area contributed by atoms with Gasteiger partial charge in [0.2, 0.25) is 0 Å². The van der Waals surface area contributed by atoms with Crippen LogP contribution < -0.4 is 4.74 Å². The zero-order chi connectivity index (χ0) is 12.0. The van der Waals surface area contributed by atoms with Crippen LogP contribution in [0.2, 0.25) is 0 Å². The van der Waals surface area contributed by atoms with Gasteiger partial charge in [-0.2, -0.15) is 0 Å². The van der Waals surface area contributed by atoms with Crippen molar-refractivity contribution in [2.75, 3.05) is 20.3 Å². The van der Waals surface area contributed by atoms with Crippen molar-refractivity contribution in [3.05, 3.63) is 29.6 Å². The molecule has 0 aliphatic rings. The summed E-state index contributed by atoms with van der Waals surface area (Å²) in [6.45, 7) is -0.0412. The quantitative estimate of drug-likeness (QED) is 0.739. The molecule has 0 aliphatic heterocycles. The highest BCUT2D eigenvalue weighted by Crippen LogP contribution is 2.21. The van der Waals surface area contributed by atoms with Crippen molar-refractivity contribution < 1.29 is 23.8 Å². The first-order valence-electron chi connectivity index (χ1n) is 4.72. The molecule has 1 aromatic carbocycles. The number of hydrogen-bond acceptors (Lipinski definition) is 4. The van der Waals surface area contributed by atoms with E-state index < -0.39 is 11.9 Å². The highest BCUT2D eigenvalue weighted by Gasteiger charge is 2.11. The first-order chi connectivity index (χ1) is 7.69. The van der Waals surface area contributed by atoms with Crippen LogP contribution in [0.25, 0.3) is 0 Å². The van der Waals surface area contributed by atoms with Crippen molar-refractivity contribution in [2.24, 2.45) is 0 Å². The highest BCUT2D eigenvalue weighted by molar-refractivity contribution is 5.79. The topological polar surface area (TPSA) is 55.8 Å². The maximum absolute atomic E-state index is 13.3. The fourth-order valence-corrected chi connectivity index (χ4v) is 1.19. The number of aliphatic hydroxyl groups excluding tert-OH is 1. The minimum Gasteiger partial charge on any atom is -0.487 e.